The molecule has 0 spiro atoms. The minimum atomic E-state index is 0.798. The fourth-order valence-corrected chi connectivity index (χ4v) is 2.67. The van der Waals surface area contributed by atoms with Crippen LogP contribution in [0.3, 0.4) is 0 Å². The van der Waals surface area contributed by atoms with Crippen molar-refractivity contribution in [1.82, 2.24) is 10.2 Å². The molecule has 0 amide bonds. The van der Waals surface area contributed by atoms with Gasteiger partial charge in [0.2, 0.25) is 0 Å². The van der Waals surface area contributed by atoms with Crippen molar-refractivity contribution < 1.29 is 4.74 Å². The van der Waals surface area contributed by atoms with Gasteiger partial charge < -0.3 is 4.74 Å². The SMILES string of the molecule is COc1c(Br)cc(Br)c2[nH]ncc12. The Bertz CT molecular complexity index is 453. The first-order valence-electron chi connectivity index (χ1n) is 3.59. The van der Waals surface area contributed by atoms with Crippen LogP contribution in [0.1, 0.15) is 0 Å². The Hall–Kier alpha value is -0.550. The zero-order valence-corrected chi connectivity index (χ0v) is 9.94. The average Bonchev–Trinajstić information content (AvgIpc) is 2.53. The minimum absolute atomic E-state index is 0.798. The number of methoxy groups -OCH3 is 1. The number of nitrogens with zero attached hydrogens (tertiary/aromatic N) is 1. The van der Waals surface area contributed by atoms with Gasteiger partial charge in [0, 0.05) is 4.47 Å². The number of benzene rings is 1. The van der Waals surface area contributed by atoms with Crippen molar-refractivity contribution in [3.8, 4) is 5.75 Å². The maximum atomic E-state index is 5.24. The van der Waals surface area contributed by atoms with E-state index in [1.807, 2.05) is 6.07 Å². The van der Waals surface area contributed by atoms with E-state index in [4.69, 9.17) is 4.74 Å². The molecule has 0 unspecified atom stereocenters. The topological polar surface area (TPSA) is 37.9 Å². The minimum Gasteiger partial charge on any atom is -0.495 e. The summed E-state index contributed by atoms with van der Waals surface area (Å²) in [6.45, 7) is 0. The fraction of sp³-hybridized carbons (Fsp3) is 0.125. The second-order valence-corrected chi connectivity index (χ2v) is 4.24. The third-order valence-corrected chi connectivity index (χ3v) is 3.01. The molecule has 0 bridgehead atoms. The molecule has 5 heteroatoms. The number of fused-ring (bicyclic) bond motifs is 1. The van der Waals surface area contributed by atoms with Crippen LogP contribution in [-0.2, 0) is 0 Å². The highest BCUT2D eigenvalue weighted by atomic mass is 79.9. The molecule has 1 aromatic carbocycles. The van der Waals surface area contributed by atoms with E-state index in [0.29, 0.717) is 0 Å². The van der Waals surface area contributed by atoms with Crippen LogP contribution in [0.25, 0.3) is 10.9 Å². The smallest absolute Gasteiger partial charge is 0.144 e. The standard InChI is InChI=1S/C8H6Br2N2O/c1-13-8-4-3-11-12-7(4)5(9)2-6(8)10/h2-3H,1H3,(H,11,12). The highest BCUT2D eigenvalue weighted by Gasteiger charge is 2.10. The molecule has 1 aromatic heterocycles. The van der Waals surface area contributed by atoms with Gasteiger partial charge in [-0.2, -0.15) is 5.10 Å². The fourth-order valence-electron chi connectivity index (χ4n) is 1.23. The molecule has 0 atom stereocenters. The van der Waals surface area contributed by atoms with Crippen LogP contribution in [0.5, 0.6) is 5.75 Å². The molecule has 0 radical (unpaired) electrons. The summed E-state index contributed by atoms with van der Waals surface area (Å²) in [5.74, 6) is 0.798. The number of hydrogen-bond acceptors (Lipinski definition) is 2. The zero-order valence-electron chi connectivity index (χ0n) is 6.77. The summed E-state index contributed by atoms with van der Waals surface area (Å²) >= 11 is 6.85. The van der Waals surface area contributed by atoms with Crippen LogP contribution >= 0.6 is 31.9 Å². The van der Waals surface area contributed by atoms with Crippen LogP contribution in [0.15, 0.2) is 21.2 Å². The molecular weight excluding hydrogens is 300 g/mol. The largest absolute Gasteiger partial charge is 0.495 e. The molecule has 0 aliphatic heterocycles. The molecular formula is C8H6Br2N2O. The number of nitrogens with one attached hydrogen (secondary N) is 1. The average molecular weight is 306 g/mol. The number of ether oxygens (including phenoxy) is 1. The van der Waals surface area contributed by atoms with E-state index in [2.05, 4.69) is 42.1 Å². The summed E-state index contributed by atoms with van der Waals surface area (Å²) < 4.78 is 7.12. The Kier molecular flexibility index (Phi) is 2.29. The van der Waals surface area contributed by atoms with E-state index in [1.165, 1.54) is 0 Å². The predicted molar refractivity (Wildman–Crippen MR) is 58.0 cm³/mol. The van der Waals surface area contributed by atoms with Crippen molar-refractivity contribution in [2.45, 2.75) is 0 Å². The molecule has 3 nitrogen and oxygen atoms in total. The third kappa shape index (κ3) is 1.36. The van der Waals surface area contributed by atoms with Gasteiger partial charge in [-0.15, -0.1) is 0 Å². The molecule has 0 aliphatic carbocycles. The Labute approximate surface area is 91.7 Å². The Balaban J connectivity index is 2.88. The zero-order chi connectivity index (χ0) is 9.42. The van der Waals surface area contributed by atoms with E-state index < -0.39 is 0 Å². The van der Waals surface area contributed by atoms with Crippen LogP contribution in [-0.4, -0.2) is 17.3 Å². The maximum absolute atomic E-state index is 5.24. The number of hydrogen-bond donors (Lipinski definition) is 1. The van der Waals surface area contributed by atoms with Gasteiger partial charge in [0.15, 0.2) is 0 Å². The van der Waals surface area contributed by atoms with Gasteiger partial charge in [0.25, 0.3) is 0 Å². The van der Waals surface area contributed by atoms with Crippen LogP contribution in [0.4, 0.5) is 0 Å². The van der Waals surface area contributed by atoms with E-state index in [1.54, 1.807) is 13.3 Å². The van der Waals surface area contributed by atoms with E-state index in [-0.39, 0.29) is 0 Å². The summed E-state index contributed by atoms with van der Waals surface area (Å²) in [6, 6.07) is 1.93. The Morgan fingerprint density at radius 1 is 1.38 bits per heavy atom. The Morgan fingerprint density at radius 2 is 2.15 bits per heavy atom. The lowest BCUT2D eigenvalue weighted by molar-refractivity contribution is 0.417. The van der Waals surface area contributed by atoms with E-state index in [9.17, 15) is 0 Å². The van der Waals surface area contributed by atoms with Crippen LogP contribution in [0.2, 0.25) is 0 Å². The molecule has 0 fully saturated rings. The molecule has 0 aliphatic rings. The second-order valence-electron chi connectivity index (χ2n) is 2.53. The van der Waals surface area contributed by atoms with Gasteiger partial charge in [-0.1, -0.05) is 0 Å². The van der Waals surface area contributed by atoms with Gasteiger partial charge in [-0.25, -0.2) is 0 Å². The molecule has 1 heterocycles. The second kappa shape index (κ2) is 3.31. The van der Waals surface area contributed by atoms with Gasteiger partial charge in [0.1, 0.15) is 5.75 Å². The number of halogens is 2. The summed E-state index contributed by atoms with van der Waals surface area (Å²) in [4.78, 5) is 0. The molecule has 1 N–H and O–H groups in total. The number of H-pyrrole nitrogens is 1. The molecule has 0 saturated carbocycles. The quantitative estimate of drug-likeness (QED) is 0.879. The van der Waals surface area contributed by atoms with Crippen LogP contribution in [0, 0.1) is 0 Å². The normalized spacial score (nSPS) is 10.7. The first-order chi connectivity index (χ1) is 6.24. The summed E-state index contributed by atoms with van der Waals surface area (Å²) in [6.07, 6.45) is 1.74. The lowest BCUT2D eigenvalue weighted by Gasteiger charge is -2.04. The summed E-state index contributed by atoms with van der Waals surface area (Å²) in [5, 5.41) is 7.81. The molecule has 2 aromatic rings. The first kappa shape index (κ1) is 9.02. The summed E-state index contributed by atoms with van der Waals surface area (Å²) in [5.41, 5.74) is 0.944. The predicted octanol–water partition coefficient (Wildman–Crippen LogP) is 3.10. The van der Waals surface area contributed by atoms with Crippen molar-refractivity contribution in [1.29, 1.82) is 0 Å². The number of rotatable bonds is 1. The van der Waals surface area contributed by atoms with Crippen molar-refractivity contribution in [3.63, 3.8) is 0 Å². The molecule has 0 saturated heterocycles. The highest BCUT2D eigenvalue weighted by molar-refractivity contribution is 9.11. The summed E-state index contributed by atoms with van der Waals surface area (Å²) in [7, 11) is 1.64. The highest BCUT2D eigenvalue weighted by Crippen LogP contribution is 2.36. The van der Waals surface area contributed by atoms with Gasteiger partial charge >= 0.3 is 0 Å². The van der Waals surface area contributed by atoms with Crippen molar-refractivity contribution in [2.75, 3.05) is 7.11 Å². The van der Waals surface area contributed by atoms with Crippen molar-refractivity contribution in [2.24, 2.45) is 0 Å². The lowest BCUT2D eigenvalue weighted by atomic mass is 10.2. The number of aromatic nitrogens is 2. The van der Waals surface area contributed by atoms with E-state index >= 15 is 0 Å². The maximum Gasteiger partial charge on any atom is 0.144 e. The van der Waals surface area contributed by atoms with Gasteiger partial charge in [0.05, 0.1) is 28.7 Å². The van der Waals surface area contributed by atoms with Crippen LogP contribution < -0.4 is 4.74 Å². The molecule has 2 rings (SSSR count). The van der Waals surface area contributed by atoms with Crippen molar-refractivity contribution in [3.05, 3.63) is 21.2 Å². The van der Waals surface area contributed by atoms with E-state index in [0.717, 1.165) is 25.6 Å². The molecule has 13 heavy (non-hydrogen) atoms. The lowest BCUT2D eigenvalue weighted by Crippen LogP contribution is -1.85. The number of aromatic amines is 1. The molecule has 68 valence electrons. The van der Waals surface area contributed by atoms with Crippen molar-refractivity contribution >= 4 is 42.8 Å². The van der Waals surface area contributed by atoms with Gasteiger partial charge in [-0.05, 0) is 37.9 Å². The van der Waals surface area contributed by atoms with Gasteiger partial charge in [-0.3, -0.25) is 5.10 Å². The third-order valence-electron chi connectivity index (χ3n) is 1.80. The first-order valence-corrected chi connectivity index (χ1v) is 5.17. The Morgan fingerprint density at radius 3 is 2.85 bits per heavy atom. The monoisotopic (exact) mass is 304 g/mol.